The topological polar surface area (TPSA) is 79.7 Å². The fourth-order valence-corrected chi connectivity index (χ4v) is 5.50. The second kappa shape index (κ2) is 10.6. The van der Waals surface area contributed by atoms with Crippen molar-refractivity contribution < 1.29 is 0 Å². The van der Waals surface area contributed by atoms with Crippen LogP contribution in [0.4, 0.5) is 0 Å². The molecule has 1 aliphatic rings. The van der Waals surface area contributed by atoms with Crippen LogP contribution in [0.5, 0.6) is 0 Å². The van der Waals surface area contributed by atoms with Crippen LogP contribution in [0.25, 0.3) is 10.9 Å². The minimum atomic E-state index is -0.308. The van der Waals surface area contributed by atoms with Gasteiger partial charge in [-0.1, -0.05) is 50.2 Å². The fraction of sp³-hybridized carbons (Fsp3) is 0.467. The van der Waals surface area contributed by atoms with Crippen molar-refractivity contribution in [3.63, 3.8) is 0 Å². The van der Waals surface area contributed by atoms with Crippen LogP contribution in [0.15, 0.2) is 59.4 Å². The van der Waals surface area contributed by atoms with Crippen LogP contribution in [-0.4, -0.2) is 43.2 Å². The van der Waals surface area contributed by atoms with E-state index in [-0.39, 0.29) is 17.1 Å². The Morgan fingerprint density at radius 1 is 1.03 bits per heavy atom. The average molecular weight is 499 g/mol. The fourth-order valence-electron chi connectivity index (χ4n) is 5.50. The van der Waals surface area contributed by atoms with Crippen molar-refractivity contribution in [2.24, 2.45) is 5.92 Å². The highest BCUT2D eigenvalue weighted by Gasteiger charge is 2.36. The molecule has 0 saturated carbocycles. The molecule has 0 radical (unpaired) electrons. The Hall–Kier alpha value is -3.32. The molecule has 4 aromatic rings. The quantitative estimate of drug-likeness (QED) is 0.358. The Morgan fingerprint density at radius 3 is 2.49 bits per heavy atom. The summed E-state index contributed by atoms with van der Waals surface area (Å²) in [6.45, 7) is 10.4. The van der Waals surface area contributed by atoms with E-state index in [0.29, 0.717) is 11.5 Å². The third-order valence-corrected chi connectivity index (χ3v) is 8.20. The van der Waals surface area contributed by atoms with Gasteiger partial charge in [-0.15, -0.1) is 5.10 Å². The summed E-state index contributed by atoms with van der Waals surface area (Å²) < 4.78 is 1.93. The third kappa shape index (κ3) is 5.23. The molecule has 1 aliphatic heterocycles. The van der Waals surface area contributed by atoms with E-state index in [1.807, 2.05) is 10.7 Å². The summed E-state index contributed by atoms with van der Waals surface area (Å²) in [5.41, 5.74) is 3.88. The van der Waals surface area contributed by atoms with Gasteiger partial charge in [0.05, 0.1) is 5.54 Å². The Balaban J connectivity index is 1.53. The van der Waals surface area contributed by atoms with Gasteiger partial charge in [-0.05, 0) is 110 Å². The van der Waals surface area contributed by atoms with Gasteiger partial charge in [-0.3, -0.25) is 9.69 Å². The summed E-state index contributed by atoms with van der Waals surface area (Å²) in [7, 11) is 0. The molecule has 2 aromatic carbocycles. The van der Waals surface area contributed by atoms with Crippen LogP contribution in [0, 0.1) is 5.92 Å². The summed E-state index contributed by atoms with van der Waals surface area (Å²) in [6.07, 6.45) is 5.08. The molecule has 0 aliphatic carbocycles. The lowest BCUT2D eigenvalue weighted by atomic mass is 9.88. The summed E-state index contributed by atoms with van der Waals surface area (Å²) in [6, 6.07) is 18.8. The molecule has 1 N–H and O–H groups in total. The van der Waals surface area contributed by atoms with E-state index < -0.39 is 0 Å². The Bertz CT molecular complexity index is 1400. The van der Waals surface area contributed by atoms with Gasteiger partial charge in [0.25, 0.3) is 5.56 Å². The van der Waals surface area contributed by atoms with E-state index in [9.17, 15) is 4.79 Å². The summed E-state index contributed by atoms with van der Waals surface area (Å²) in [5.74, 6) is 1.37. The first-order valence-electron chi connectivity index (χ1n) is 13.6. The molecule has 7 nitrogen and oxygen atoms in total. The maximum Gasteiger partial charge on any atom is 0.253 e. The second-order valence-corrected chi connectivity index (χ2v) is 11.0. The van der Waals surface area contributed by atoms with Crippen molar-refractivity contribution in [1.29, 1.82) is 0 Å². The molecular formula is C30H38N6O. The number of aromatic nitrogens is 5. The summed E-state index contributed by atoms with van der Waals surface area (Å²) >= 11 is 0. The Labute approximate surface area is 218 Å². The lowest BCUT2D eigenvalue weighted by molar-refractivity contribution is 0.137. The maximum atomic E-state index is 13.5. The van der Waals surface area contributed by atoms with Gasteiger partial charge >= 0.3 is 0 Å². The highest BCUT2D eigenvalue weighted by Crippen LogP contribution is 2.34. The van der Waals surface area contributed by atoms with Gasteiger partial charge in [-0.2, -0.15) is 0 Å². The number of rotatable bonds is 8. The van der Waals surface area contributed by atoms with Crippen molar-refractivity contribution in [1.82, 2.24) is 30.1 Å². The number of benzene rings is 2. The zero-order valence-electron chi connectivity index (χ0n) is 22.4. The number of hydrogen-bond acceptors (Lipinski definition) is 5. The van der Waals surface area contributed by atoms with Crippen molar-refractivity contribution in [2.45, 2.75) is 71.4 Å². The number of tetrazole rings is 1. The standard InChI is InChI=1S/C30H38N6O/c1-5-21-12-13-26-24(19-21)20-25(29(37)31-26)27(28-32-33-34-36(28)30(3,4)6-2)35-16-14-23(15-17-35)18-22-10-8-7-9-11-22/h7-13,19-20,23,27H,5-6,14-18H2,1-4H3,(H,31,37)/t27-/m1/s1. The molecule has 0 bridgehead atoms. The summed E-state index contributed by atoms with van der Waals surface area (Å²) in [5, 5.41) is 14.1. The smallest absolute Gasteiger partial charge is 0.253 e. The highest BCUT2D eigenvalue weighted by molar-refractivity contribution is 5.80. The first kappa shape index (κ1) is 25.3. The summed E-state index contributed by atoms with van der Waals surface area (Å²) in [4.78, 5) is 19.1. The first-order valence-corrected chi connectivity index (χ1v) is 13.6. The average Bonchev–Trinajstić information content (AvgIpc) is 3.41. The van der Waals surface area contributed by atoms with E-state index in [1.54, 1.807) is 0 Å². The van der Waals surface area contributed by atoms with Crippen molar-refractivity contribution >= 4 is 10.9 Å². The zero-order valence-corrected chi connectivity index (χ0v) is 22.4. The molecular weight excluding hydrogens is 460 g/mol. The Kier molecular flexibility index (Phi) is 7.24. The van der Waals surface area contributed by atoms with E-state index >= 15 is 0 Å². The Morgan fingerprint density at radius 2 is 1.78 bits per heavy atom. The molecule has 0 amide bonds. The maximum absolute atomic E-state index is 13.5. The van der Waals surface area contributed by atoms with Crippen LogP contribution in [0.3, 0.4) is 0 Å². The molecule has 1 fully saturated rings. The minimum absolute atomic E-state index is 0.0722. The van der Waals surface area contributed by atoms with Gasteiger partial charge < -0.3 is 4.98 Å². The van der Waals surface area contributed by atoms with E-state index in [0.717, 1.165) is 61.9 Å². The lowest BCUT2D eigenvalue weighted by Crippen LogP contribution is -2.42. The number of H-pyrrole nitrogens is 1. The van der Waals surface area contributed by atoms with E-state index in [1.165, 1.54) is 11.1 Å². The number of fused-ring (bicyclic) bond motifs is 1. The molecule has 2 aromatic heterocycles. The highest BCUT2D eigenvalue weighted by atomic mass is 16.1. The van der Waals surface area contributed by atoms with Gasteiger partial charge in [0.15, 0.2) is 5.82 Å². The van der Waals surface area contributed by atoms with Crippen molar-refractivity contribution in [2.75, 3.05) is 13.1 Å². The second-order valence-electron chi connectivity index (χ2n) is 11.0. The predicted molar refractivity (Wildman–Crippen MR) is 148 cm³/mol. The van der Waals surface area contributed by atoms with Crippen molar-refractivity contribution in [3.8, 4) is 0 Å². The zero-order chi connectivity index (χ0) is 26.0. The largest absolute Gasteiger partial charge is 0.322 e. The molecule has 5 rings (SSSR count). The van der Waals surface area contributed by atoms with Gasteiger partial charge in [0, 0.05) is 11.1 Å². The third-order valence-electron chi connectivity index (χ3n) is 8.20. The number of aromatic amines is 1. The van der Waals surface area contributed by atoms with Gasteiger partial charge in [0.2, 0.25) is 0 Å². The minimum Gasteiger partial charge on any atom is -0.322 e. The molecule has 37 heavy (non-hydrogen) atoms. The number of hydrogen-bond donors (Lipinski definition) is 1. The number of likely N-dealkylation sites (tertiary alicyclic amines) is 1. The van der Waals surface area contributed by atoms with Crippen LogP contribution in [0.1, 0.15) is 75.5 Å². The molecule has 0 unspecified atom stereocenters. The number of aryl methyl sites for hydroxylation is 1. The number of nitrogens with one attached hydrogen (secondary N) is 1. The monoisotopic (exact) mass is 498 g/mol. The molecule has 194 valence electrons. The lowest BCUT2D eigenvalue weighted by Gasteiger charge is -2.38. The van der Waals surface area contributed by atoms with Crippen molar-refractivity contribution in [3.05, 3.63) is 87.5 Å². The van der Waals surface area contributed by atoms with Crippen LogP contribution in [0.2, 0.25) is 0 Å². The van der Waals surface area contributed by atoms with Crippen LogP contribution < -0.4 is 5.56 Å². The molecule has 3 heterocycles. The van der Waals surface area contributed by atoms with Crippen LogP contribution >= 0.6 is 0 Å². The van der Waals surface area contributed by atoms with Crippen LogP contribution in [-0.2, 0) is 18.4 Å². The van der Waals surface area contributed by atoms with E-state index in [4.69, 9.17) is 0 Å². The number of nitrogens with zero attached hydrogens (tertiary/aromatic N) is 5. The predicted octanol–water partition coefficient (Wildman–Crippen LogP) is 5.27. The molecule has 0 spiro atoms. The normalized spacial score (nSPS) is 16.3. The van der Waals surface area contributed by atoms with Gasteiger partial charge in [-0.25, -0.2) is 4.68 Å². The number of piperidine rings is 1. The van der Waals surface area contributed by atoms with Gasteiger partial charge in [0.1, 0.15) is 6.04 Å². The SMILES string of the molecule is CCc1ccc2[nH]c(=O)c([C@H](c3nnnn3C(C)(C)CC)N3CCC(Cc4ccccc4)CC3)cc2c1. The molecule has 1 saturated heterocycles. The first-order chi connectivity index (χ1) is 17.9. The molecule has 7 heteroatoms. The molecule has 1 atom stereocenters. The van der Waals surface area contributed by atoms with E-state index in [2.05, 4.69) is 102 Å². The number of pyridine rings is 1.